The lowest BCUT2D eigenvalue weighted by Crippen LogP contribution is -2.35. The zero-order valence-corrected chi connectivity index (χ0v) is 12.9. The third-order valence-electron chi connectivity index (χ3n) is 3.76. The summed E-state index contributed by atoms with van der Waals surface area (Å²) in [4.78, 5) is 6.45. The van der Waals surface area contributed by atoms with Crippen LogP contribution in [0.5, 0.6) is 0 Å². The summed E-state index contributed by atoms with van der Waals surface area (Å²) in [5, 5.41) is 9.73. The van der Waals surface area contributed by atoms with Crippen molar-refractivity contribution in [3.63, 3.8) is 0 Å². The van der Waals surface area contributed by atoms with Crippen molar-refractivity contribution in [3.8, 4) is 17.2 Å². The van der Waals surface area contributed by atoms with Gasteiger partial charge in [-0.3, -0.25) is 4.90 Å². The molecule has 0 unspecified atom stereocenters. The van der Waals surface area contributed by atoms with Gasteiger partial charge in [0, 0.05) is 31.4 Å². The van der Waals surface area contributed by atoms with E-state index < -0.39 is 0 Å². The minimum atomic E-state index is 0.355. The summed E-state index contributed by atoms with van der Waals surface area (Å²) >= 11 is 6.22. The molecule has 5 heteroatoms. The number of pyridine rings is 1. The zero-order valence-electron chi connectivity index (χ0n) is 12.1. The van der Waals surface area contributed by atoms with Crippen LogP contribution in [0.25, 0.3) is 11.1 Å². The van der Waals surface area contributed by atoms with Crippen LogP contribution in [0.4, 0.5) is 0 Å². The average Bonchev–Trinajstić information content (AvgIpc) is 2.56. The van der Waals surface area contributed by atoms with Crippen LogP contribution in [-0.2, 0) is 11.3 Å². The van der Waals surface area contributed by atoms with E-state index in [1.807, 2.05) is 12.1 Å². The second-order valence-electron chi connectivity index (χ2n) is 5.21. The molecule has 1 aliphatic rings. The maximum absolute atomic E-state index is 9.19. The van der Waals surface area contributed by atoms with Crippen molar-refractivity contribution < 1.29 is 4.74 Å². The van der Waals surface area contributed by atoms with Gasteiger partial charge in [0.2, 0.25) is 0 Å². The van der Waals surface area contributed by atoms with Crippen molar-refractivity contribution >= 4 is 11.6 Å². The van der Waals surface area contributed by atoms with Crippen LogP contribution in [0.15, 0.2) is 36.5 Å². The summed E-state index contributed by atoms with van der Waals surface area (Å²) in [5.41, 5.74) is 3.21. The smallest absolute Gasteiger partial charge is 0.149 e. The fourth-order valence-electron chi connectivity index (χ4n) is 2.59. The van der Waals surface area contributed by atoms with Gasteiger partial charge in [0.25, 0.3) is 0 Å². The Hall–Kier alpha value is -1.93. The SMILES string of the molecule is N#Cc1nccc(Cl)c1-c1ccc(CN2CCOCC2)cc1. The van der Waals surface area contributed by atoms with Crippen LogP contribution >= 0.6 is 11.6 Å². The minimum Gasteiger partial charge on any atom is -0.379 e. The Morgan fingerprint density at radius 3 is 2.59 bits per heavy atom. The third kappa shape index (κ3) is 3.28. The van der Waals surface area contributed by atoms with E-state index in [0.29, 0.717) is 16.3 Å². The predicted molar refractivity (Wildman–Crippen MR) is 85.5 cm³/mol. The summed E-state index contributed by atoms with van der Waals surface area (Å²) < 4.78 is 5.36. The van der Waals surface area contributed by atoms with Crippen molar-refractivity contribution in [2.45, 2.75) is 6.54 Å². The Bertz CT molecular complexity index is 688. The Balaban J connectivity index is 1.81. The van der Waals surface area contributed by atoms with Crippen molar-refractivity contribution in [1.29, 1.82) is 5.26 Å². The van der Waals surface area contributed by atoms with Gasteiger partial charge >= 0.3 is 0 Å². The van der Waals surface area contributed by atoms with Gasteiger partial charge in [0.15, 0.2) is 0 Å². The molecule has 0 atom stereocenters. The summed E-state index contributed by atoms with van der Waals surface area (Å²) in [7, 11) is 0. The van der Waals surface area contributed by atoms with Gasteiger partial charge in [-0.15, -0.1) is 0 Å². The zero-order chi connectivity index (χ0) is 15.4. The molecule has 1 saturated heterocycles. The number of morpholine rings is 1. The molecule has 0 saturated carbocycles. The average molecular weight is 314 g/mol. The topological polar surface area (TPSA) is 49.2 Å². The highest BCUT2D eigenvalue weighted by atomic mass is 35.5. The molecular formula is C17H16ClN3O. The Labute approximate surface area is 134 Å². The number of nitrogens with zero attached hydrogens (tertiary/aromatic N) is 3. The molecule has 2 aromatic rings. The Morgan fingerprint density at radius 2 is 1.91 bits per heavy atom. The van der Waals surface area contributed by atoms with Crippen LogP contribution in [-0.4, -0.2) is 36.2 Å². The van der Waals surface area contributed by atoms with Gasteiger partial charge in [-0.2, -0.15) is 5.26 Å². The molecule has 0 bridgehead atoms. The Kier molecular flexibility index (Phi) is 4.69. The minimum absolute atomic E-state index is 0.355. The molecule has 1 aromatic carbocycles. The van der Waals surface area contributed by atoms with E-state index in [0.717, 1.165) is 38.4 Å². The predicted octanol–water partition coefficient (Wildman–Crippen LogP) is 3.11. The van der Waals surface area contributed by atoms with Crippen LogP contribution in [0.3, 0.4) is 0 Å². The molecule has 0 radical (unpaired) electrons. The molecule has 0 N–H and O–H groups in total. The van der Waals surface area contributed by atoms with E-state index in [2.05, 4.69) is 28.1 Å². The highest BCUT2D eigenvalue weighted by Gasteiger charge is 2.13. The van der Waals surface area contributed by atoms with E-state index in [1.165, 1.54) is 5.56 Å². The second-order valence-corrected chi connectivity index (χ2v) is 5.62. The highest BCUT2D eigenvalue weighted by molar-refractivity contribution is 6.33. The molecule has 4 nitrogen and oxygen atoms in total. The number of nitriles is 1. The maximum atomic E-state index is 9.19. The molecule has 0 spiro atoms. The summed E-state index contributed by atoms with van der Waals surface area (Å²) in [6.07, 6.45) is 1.55. The maximum Gasteiger partial charge on any atom is 0.149 e. The monoisotopic (exact) mass is 313 g/mol. The van der Waals surface area contributed by atoms with Crippen molar-refractivity contribution in [2.75, 3.05) is 26.3 Å². The summed E-state index contributed by atoms with van der Waals surface area (Å²) in [6.45, 7) is 4.45. The van der Waals surface area contributed by atoms with Gasteiger partial charge in [0.05, 0.1) is 18.2 Å². The quantitative estimate of drug-likeness (QED) is 0.873. The molecule has 22 heavy (non-hydrogen) atoms. The second kappa shape index (κ2) is 6.89. The molecule has 1 aromatic heterocycles. The molecule has 1 fully saturated rings. The van der Waals surface area contributed by atoms with Crippen molar-refractivity contribution in [1.82, 2.24) is 9.88 Å². The van der Waals surface area contributed by atoms with Crippen LogP contribution in [0, 0.1) is 11.3 Å². The highest BCUT2D eigenvalue weighted by Crippen LogP contribution is 2.30. The lowest BCUT2D eigenvalue weighted by molar-refractivity contribution is 0.0342. The van der Waals surface area contributed by atoms with Crippen LogP contribution in [0.2, 0.25) is 5.02 Å². The number of aromatic nitrogens is 1. The number of rotatable bonds is 3. The summed E-state index contributed by atoms with van der Waals surface area (Å²) in [5.74, 6) is 0. The first-order valence-electron chi connectivity index (χ1n) is 7.22. The fourth-order valence-corrected chi connectivity index (χ4v) is 2.85. The first kappa shape index (κ1) is 15.0. The number of hydrogen-bond acceptors (Lipinski definition) is 4. The first-order valence-corrected chi connectivity index (χ1v) is 7.60. The van der Waals surface area contributed by atoms with Gasteiger partial charge in [-0.1, -0.05) is 35.9 Å². The van der Waals surface area contributed by atoms with E-state index in [4.69, 9.17) is 16.3 Å². The lowest BCUT2D eigenvalue weighted by atomic mass is 10.0. The Morgan fingerprint density at radius 1 is 1.18 bits per heavy atom. The van der Waals surface area contributed by atoms with E-state index >= 15 is 0 Å². The third-order valence-corrected chi connectivity index (χ3v) is 4.07. The van der Waals surface area contributed by atoms with E-state index in [1.54, 1.807) is 12.3 Å². The fraction of sp³-hybridized carbons (Fsp3) is 0.294. The largest absolute Gasteiger partial charge is 0.379 e. The van der Waals surface area contributed by atoms with Gasteiger partial charge in [0.1, 0.15) is 11.8 Å². The van der Waals surface area contributed by atoms with Gasteiger partial charge < -0.3 is 4.74 Å². The van der Waals surface area contributed by atoms with E-state index in [-0.39, 0.29) is 0 Å². The number of halogens is 1. The van der Waals surface area contributed by atoms with Crippen molar-refractivity contribution in [2.24, 2.45) is 0 Å². The summed E-state index contributed by atoms with van der Waals surface area (Å²) in [6, 6.07) is 12.0. The lowest BCUT2D eigenvalue weighted by Gasteiger charge is -2.26. The number of ether oxygens (including phenoxy) is 1. The van der Waals surface area contributed by atoms with Crippen LogP contribution < -0.4 is 0 Å². The first-order chi connectivity index (χ1) is 10.8. The number of hydrogen-bond donors (Lipinski definition) is 0. The van der Waals surface area contributed by atoms with Gasteiger partial charge in [-0.05, 0) is 17.2 Å². The van der Waals surface area contributed by atoms with Crippen molar-refractivity contribution in [3.05, 3.63) is 52.8 Å². The molecule has 0 aliphatic carbocycles. The molecule has 1 aliphatic heterocycles. The molecule has 0 amide bonds. The van der Waals surface area contributed by atoms with E-state index in [9.17, 15) is 5.26 Å². The molecular weight excluding hydrogens is 298 g/mol. The normalized spacial score (nSPS) is 15.5. The molecule has 3 rings (SSSR count). The molecule has 2 heterocycles. The molecule has 112 valence electrons. The number of benzene rings is 1. The van der Waals surface area contributed by atoms with Crippen LogP contribution in [0.1, 0.15) is 11.3 Å². The standard InChI is InChI=1S/C17H16ClN3O/c18-15-5-6-20-16(11-19)17(15)14-3-1-13(2-4-14)12-21-7-9-22-10-8-21/h1-6H,7-10,12H2. The van der Waals surface area contributed by atoms with Gasteiger partial charge in [-0.25, -0.2) is 4.98 Å².